The molecule has 1 N–H and O–H groups in total. The monoisotopic (exact) mass is 325 g/mol. The van der Waals surface area contributed by atoms with Crippen molar-refractivity contribution in [3.05, 3.63) is 28.2 Å². The molecule has 19 heavy (non-hydrogen) atoms. The Hall–Kier alpha value is -0.830. The van der Waals surface area contributed by atoms with Gasteiger partial charge in [0.05, 0.1) is 0 Å². The lowest BCUT2D eigenvalue weighted by Gasteiger charge is -2.22. The van der Waals surface area contributed by atoms with Crippen molar-refractivity contribution in [2.24, 2.45) is 11.3 Å². The molecule has 0 heterocycles. The van der Waals surface area contributed by atoms with Crippen LogP contribution in [-0.2, 0) is 4.79 Å². The Morgan fingerprint density at radius 1 is 1.37 bits per heavy atom. The van der Waals surface area contributed by atoms with E-state index in [1.54, 1.807) is 0 Å². The fraction of sp³-hybridized carbons (Fsp3) is 0.562. The van der Waals surface area contributed by atoms with E-state index in [2.05, 4.69) is 48.9 Å². The van der Waals surface area contributed by atoms with E-state index >= 15 is 0 Å². The molecule has 3 heteroatoms. The summed E-state index contributed by atoms with van der Waals surface area (Å²) in [5, 5.41) is 2.97. The van der Waals surface area contributed by atoms with Crippen molar-refractivity contribution in [2.75, 3.05) is 5.32 Å². The molecule has 0 aliphatic heterocycles. The molecule has 0 saturated heterocycles. The summed E-state index contributed by atoms with van der Waals surface area (Å²) >= 11 is 3.46. The third kappa shape index (κ3) is 6.24. The van der Waals surface area contributed by atoms with Crippen molar-refractivity contribution in [1.29, 1.82) is 0 Å². The van der Waals surface area contributed by atoms with Crippen LogP contribution in [0.15, 0.2) is 22.7 Å². The predicted molar refractivity (Wildman–Crippen MR) is 85.4 cm³/mol. The predicted octanol–water partition coefficient (Wildman–Crippen LogP) is 5.16. The van der Waals surface area contributed by atoms with Crippen LogP contribution in [0.25, 0.3) is 0 Å². The maximum Gasteiger partial charge on any atom is 0.224 e. The number of benzene rings is 1. The molecular formula is C16H24BrNO. The van der Waals surface area contributed by atoms with Gasteiger partial charge in [0.15, 0.2) is 0 Å². The van der Waals surface area contributed by atoms with E-state index in [4.69, 9.17) is 0 Å². The Morgan fingerprint density at radius 3 is 2.53 bits per heavy atom. The Morgan fingerprint density at radius 2 is 2.00 bits per heavy atom. The molecule has 0 aromatic heterocycles. The van der Waals surface area contributed by atoms with Crippen LogP contribution < -0.4 is 5.32 Å². The van der Waals surface area contributed by atoms with Gasteiger partial charge in [-0.25, -0.2) is 0 Å². The normalized spacial score (nSPS) is 13.2. The standard InChI is InChI=1S/C16H24BrNO/c1-11(10-16(3,4)5)8-15(19)18-13-6-7-14(17)12(2)9-13/h6-7,9,11H,8,10H2,1-5H3,(H,18,19). The third-order valence-electron chi connectivity index (χ3n) is 2.94. The second-order valence-electron chi connectivity index (χ2n) is 6.59. The number of aryl methyl sites for hydroxylation is 1. The number of hydrogen-bond acceptors (Lipinski definition) is 1. The van der Waals surface area contributed by atoms with Crippen LogP contribution in [0, 0.1) is 18.3 Å². The highest BCUT2D eigenvalue weighted by molar-refractivity contribution is 9.10. The molecule has 2 nitrogen and oxygen atoms in total. The van der Waals surface area contributed by atoms with Crippen LogP contribution in [0.3, 0.4) is 0 Å². The molecule has 106 valence electrons. The topological polar surface area (TPSA) is 29.1 Å². The lowest BCUT2D eigenvalue weighted by Crippen LogP contribution is -2.18. The van der Waals surface area contributed by atoms with Crippen LogP contribution in [-0.4, -0.2) is 5.91 Å². The molecule has 0 saturated carbocycles. The molecule has 1 unspecified atom stereocenters. The van der Waals surface area contributed by atoms with Gasteiger partial charge in [-0.05, 0) is 48.4 Å². The second kappa shape index (κ2) is 6.56. The van der Waals surface area contributed by atoms with Crippen molar-refractivity contribution in [1.82, 2.24) is 0 Å². The first-order valence-electron chi connectivity index (χ1n) is 6.73. The van der Waals surface area contributed by atoms with Gasteiger partial charge in [0, 0.05) is 16.6 Å². The number of amides is 1. The minimum absolute atomic E-state index is 0.0958. The maximum absolute atomic E-state index is 12.0. The molecule has 1 atom stereocenters. The SMILES string of the molecule is Cc1cc(NC(=O)CC(C)CC(C)(C)C)ccc1Br. The lowest BCUT2D eigenvalue weighted by atomic mass is 9.84. The Balaban J connectivity index is 2.53. The zero-order chi connectivity index (χ0) is 14.6. The zero-order valence-electron chi connectivity index (χ0n) is 12.5. The average molecular weight is 326 g/mol. The number of hydrogen-bond donors (Lipinski definition) is 1. The van der Waals surface area contributed by atoms with E-state index in [0.29, 0.717) is 12.3 Å². The van der Waals surface area contributed by atoms with Gasteiger partial charge in [-0.3, -0.25) is 4.79 Å². The summed E-state index contributed by atoms with van der Waals surface area (Å²) in [5.41, 5.74) is 2.27. The molecule has 1 aromatic carbocycles. The number of carbonyl (C=O) groups excluding carboxylic acids is 1. The third-order valence-corrected chi connectivity index (χ3v) is 3.83. The molecule has 1 rings (SSSR count). The molecule has 0 aliphatic carbocycles. The molecule has 1 aromatic rings. The average Bonchev–Trinajstić information content (AvgIpc) is 2.20. The molecular weight excluding hydrogens is 302 g/mol. The zero-order valence-corrected chi connectivity index (χ0v) is 14.1. The fourth-order valence-electron chi connectivity index (χ4n) is 2.37. The van der Waals surface area contributed by atoms with Crippen LogP contribution >= 0.6 is 15.9 Å². The fourth-order valence-corrected chi connectivity index (χ4v) is 2.62. The van der Waals surface area contributed by atoms with E-state index in [-0.39, 0.29) is 11.3 Å². The van der Waals surface area contributed by atoms with Crippen molar-refractivity contribution in [3.63, 3.8) is 0 Å². The summed E-state index contributed by atoms with van der Waals surface area (Å²) in [6, 6.07) is 5.86. The number of carbonyl (C=O) groups is 1. The molecule has 0 bridgehead atoms. The van der Waals surface area contributed by atoms with Crippen LogP contribution in [0.1, 0.15) is 46.1 Å². The largest absolute Gasteiger partial charge is 0.326 e. The van der Waals surface area contributed by atoms with Crippen molar-refractivity contribution in [3.8, 4) is 0 Å². The molecule has 0 spiro atoms. The number of halogens is 1. The van der Waals surface area contributed by atoms with E-state index in [9.17, 15) is 4.79 Å². The van der Waals surface area contributed by atoms with Gasteiger partial charge in [0.25, 0.3) is 0 Å². The van der Waals surface area contributed by atoms with Crippen LogP contribution in [0.5, 0.6) is 0 Å². The highest BCUT2D eigenvalue weighted by Crippen LogP contribution is 2.26. The molecule has 1 amide bonds. The molecule has 0 radical (unpaired) electrons. The summed E-state index contributed by atoms with van der Waals surface area (Å²) < 4.78 is 1.06. The Bertz CT molecular complexity index is 449. The van der Waals surface area contributed by atoms with Gasteiger partial charge < -0.3 is 5.32 Å². The minimum Gasteiger partial charge on any atom is -0.326 e. The number of nitrogens with one attached hydrogen (secondary N) is 1. The van der Waals surface area contributed by atoms with E-state index < -0.39 is 0 Å². The first kappa shape index (κ1) is 16.2. The van der Waals surface area contributed by atoms with Gasteiger partial charge in [-0.15, -0.1) is 0 Å². The summed E-state index contributed by atoms with van der Waals surface area (Å²) in [7, 11) is 0. The van der Waals surface area contributed by atoms with Crippen molar-refractivity contribution in [2.45, 2.75) is 47.5 Å². The van der Waals surface area contributed by atoms with Crippen molar-refractivity contribution >= 4 is 27.5 Å². The summed E-state index contributed by atoms with van der Waals surface area (Å²) in [6.45, 7) is 10.8. The quantitative estimate of drug-likeness (QED) is 0.814. The van der Waals surface area contributed by atoms with Gasteiger partial charge in [0.2, 0.25) is 5.91 Å². The Labute approximate surface area is 125 Å². The lowest BCUT2D eigenvalue weighted by molar-refractivity contribution is -0.117. The van der Waals surface area contributed by atoms with Gasteiger partial charge >= 0.3 is 0 Å². The Kier molecular flexibility index (Phi) is 5.60. The first-order chi connectivity index (χ1) is 8.67. The number of anilines is 1. The first-order valence-corrected chi connectivity index (χ1v) is 7.53. The smallest absolute Gasteiger partial charge is 0.224 e. The number of rotatable bonds is 4. The van der Waals surface area contributed by atoms with E-state index in [1.165, 1.54) is 0 Å². The molecule has 0 aliphatic rings. The molecule has 0 fully saturated rings. The van der Waals surface area contributed by atoms with E-state index in [1.807, 2.05) is 25.1 Å². The van der Waals surface area contributed by atoms with Crippen molar-refractivity contribution < 1.29 is 4.79 Å². The minimum atomic E-state index is 0.0958. The second-order valence-corrected chi connectivity index (χ2v) is 7.44. The highest BCUT2D eigenvalue weighted by Gasteiger charge is 2.17. The summed E-state index contributed by atoms with van der Waals surface area (Å²) in [4.78, 5) is 12.0. The van der Waals surface area contributed by atoms with Gasteiger partial charge in [-0.2, -0.15) is 0 Å². The van der Waals surface area contributed by atoms with Gasteiger partial charge in [-0.1, -0.05) is 43.6 Å². The van der Waals surface area contributed by atoms with E-state index in [0.717, 1.165) is 22.1 Å². The van der Waals surface area contributed by atoms with Crippen LogP contribution in [0.2, 0.25) is 0 Å². The van der Waals surface area contributed by atoms with Crippen LogP contribution in [0.4, 0.5) is 5.69 Å². The van der Waals surface area contributed by atoms with Gasteiger partial charge in [0.1, 0.15) is 0 Å². The summed E-state index contributed by atoms with van der Waals surface area (Å²) in [6.07, 6.45) is 1.63. The summed E-state index contributed by atoms with van der Waals surface area (Å²) in [5.74, 6) is 0.495. The maximum atomic E-state index is 12.0. The highest BCUT2D eigenvalue weighted by atomic mass is 79.9.